The van der Waals surface area contributed by atoms with Crippen LogP contribution in [0, 0.1) is 5.41 Å². The first-order valence-corrected chi connectivity index (χ1v) is 7.04. The van der Waals surface area contributed by atoms with Crippen LogP contribution in [0.3, 0.4) is 0 Å². The molecule has 3 rings (SSSR count). The van der Waals surface area contributed by atoms with Crippen LogP contribution in [0.25, 0.3) is 0 Å². The first kappa shape index (κ1) is 10.4. The van der Waals surface area contributed by atoms with Gasteiger partial charge < -0.3 is 4.74 Å². The maximum Gasteiger partial charge on any atom is 0.0663 e. The van der Waals surface area contributed by atoms with Crippen LogP contribution < -0.4 is 0 Å². The molecule has 2 atom stereocenters. The number of rotatable bonds is 2. The van der Waals surface area contributed by atoms with Gasteiger partial charge in [0, 0.05) is 10.8 Å². The van der Waals surface area contributed by atoms with E-state index in [1.165, 1.54) is 51.4 Å². The van der Waals surface area contributed by atoms with Crippen LogP contribution in [0.4, 0.5) is 0 Å². The Kier molecular flexibility index (Phi) is 2.72. The van der Waals surface area contributed by atoms with Crippen molar-refractivity contribution in [3.63, 3.8) is 0 Å². The highest BCUT2D eigenvalue weighted by molar-refractivity contribution is 6.21. The van der Waals surface area contributed by atoms with Gasteiger partial charge >= 0.3 is 0 Å². The summed E-state index contributed by atoms with van der Waals surface area (Å²) < 4.78 is 6.27. The number of alkyl halides is 1. The van der Waals surface area contributed by atoms with Crippen molar-refractivity contribution in [3.8, 4) is 0 Å². The Morgan fingerprint density at radius 1 is 1.00 bits per heavy atom. The average molecular weight is 229 g/mol. The molecule has 0 amide bonds. The highest BCUT2D eigenvalue weighted by Crippen LogP contribution is 2.57. The van der Waals surface area contributed by atoms with Crippen LogP contribution in [0.1, 0.15) is 57.8 Å². The Labute approximate surface area is 97.5 Å². The molecule has 3 aliphatic rings. The van der Waals surface area contributed by atoms with E-state index in [2.05, 4.69) is 0 Å². The van der Waals surface area contributed by atoms with Gasteiger partial charge in [0.15, 0.2) is 0 Å². The Hall–Kier alpha value is 0.250. The third-order valence-corrected chi connectivity index (χ3v) is 5.49. The van der Waals surface area contributed by atoms with Gasteiger partial charge in [-0.15, -0.1) is 11.6 Å². The van der Waals surface area contributed by atoms with Crippen molar-refractivity contribution in [3.05, 3.63) is 0 Å². The monoisotopic (exact) mass is 228 g/mol. The second-order valence-corrected chi connectivity index (χ2v) is 6.20. The van der Waals surface area contributed by atoms with E-state index >= 15 is 0 Å². The van der Waals surface area contributed by atoms with E-state index in [1.54, 1.807) is 0 Å². The van der Waals surface area contributed by atoms with E-state index in [1.807, 2.05) is 0 Å². The van der Waals surface area contributed by atoms with Crippen LogP contribution in [-0.4, -0.2) is 17.6 Å². The fourth-order valence-electron chi connectivity index (χ4n) is 3.81. The summed E-state index contributed by atoms with van der Waals surface area (Å²) in [4.78, 5) is 0. The molecule has 0 N–H and O–H groups in total. The van der Waals surface area contributed by atoms with E-state index in [-0.39, 0.29) is 0 Å². The van der Waals surface area contributed by atoms with Gasteiger partial charge in [-0.25, -0.2) is 0 Å². The summed E-state index contributed by atoms with van der Waals surface area (Å²) in [6.07, 6.45) is 12.9. The second kappa shape index (κ2) is 3.92. The highest BCUT2D eigenvalue weighted by atomic mass is 35.5. The van der Waals surface area contributed by atoms with Crippen molar-refractivity contribution in [2.45, 2.75) is 75.4 Å². The molecule has 3 fully saturated rings. The van der Waals surface area contributed by atoms with Gasteiger partial charge in [0.25, 0.3) is 0 Å². The zero-order chi connectivity index (χ0) is 10.3. The maximum atomic E-state index is 6.41. The molecule has 15 heavy (non-hydrogen) atoms. The third kappa shape index (κ3) is 1.63. The first-order chi connectivity index (χ1) is 7.31. The van der Waals surface area contributed by atoms with Crippen molar-refractivity contribution in [1.82, 2.24) is 0 Å². The average Bonchev–Trinajstić information content (AvgIpc) is 2.89. The molecular formula is C13H21ClO. The lowest BCUT2D eigenvalue weighted by Crippen LogP contribution is -2.55. The lowest BCUT2D eigenvalue weighted by atomic mass is 9.64. The molecule has 3 saturated carbocycles. The minimum Gasteiger partial charge on any atom is -0.374 e. The number of halogens is 1. The molecule has 0 radical (unpaired) electrons. The zero-order valence-electron chi connectivity index (χ0n) is 9.38. The normalized spacial score (nSPS) is 39.8. The van der Waals surface area contributed by atoms with E-state index in [4.69, 9.17) is 16.3 Å². The predicted molar refractivity (Wildman–Crippen MR) is 62.3 cm³/mol. The van der Waals surface area contributed by atoms with Gasteiger partial charge in [0.05, 0.1) is 12.2 Å². The Morgan fingerprint density at radius 3 is 2.27 bits per heavy atom. The molecule has 0 aromatic carbocycles. The summed E-state index contributed by atoms with van der Waals surface area (Å²) in [7, 11) is 0. The van der Waals surface area contributed by atoms with Gasteiger partial charge in [-0.05, 0) is 32.1 Å². The molecule has 2 heteroatoms. The van der Waals surface area contributed by atoms with Crippen molar-refractivity contribution < 1.29 is 4.74 Å². The molecule has 1 nitrogen and oxygen atoms in total. The van der Waals surface area contributed by atoms with Crippen molar-refractivity contribution in [2.75, 3.05) is 0 Å². The van der Waals surface area contributed by atoms with Gasteiger partial charge in [-0.1, -0.05) is 25.7 Å². The van der Waals surface area contributed by atoms with Crippen LogP contribution in [0.15, 0.2) is 0 Å². The molecule has 1 spiro atoms. The fraction of sp³-hybridized carbons (Fsp3) is 1.00. The zero-order valence-corrected chi connectivity index (χ0v) is 10.1. The fourth-order valence-corrected chi connectivity index (χ4v) is 4.34. The number of hydrogen-bond acceptors (Lipinski definition) is 1. The summed E-state index contributed by atoms with van der Waals surface area (Å²) >= 11 is 6.41. The van der Waals surface area contributed by atoms with E-state index in [0.29, 0.717) is 23.0 Å². The molecule has 0 bridgehead atoms. The molecular weight excluding hydrogens is 208 g/mol. The lowest BCUT2D eigenvalue weighted by molar-refractivity contribution is -0.134. The van der Waals surface area contributed by atoms with E-state index in [9.17, 15) is 0 Å². The smallest absolute Gasteiger partial charge is 0.0663 e. The second-order valence-electron chi connectivity index (χ2n) is 5.67. The van der Waals surface area contributed by atoms with Crippen molar-refractivity contribution in [2.24, 2.45) is 5.41 Å². The highest BCUT2D eigenvalue weighted by Gasteiger charge is 2.56. The third-order valence-electron chi connectivity index (χ3n) is 4.88. The SMILES string of the molecule is ClC1CC(OC2CCCC2)C12CCCC2. The minimum atomic E-state index is 0.393. The quantitative estimate of drug-likeness (QED) is 0.652. The van der Waals surface area contributed by atoms with Crippen LogP contribution >= 0.6 is 11.6 Å². The van der Waals surface area contributed by atoms with E-state index in [0.717, 1.165) is 6.42 Å². The number of ether oxygens (including phenoxy) is 1. The molecule has 86 valence electrons. The standard InChI is InChI=1S/C13H21ClO/c14-11-9-12(13(11)7-3-4-8-13)15-10-5-1-2-6-10/h10-12H,1-9H2. The maximum absolute atomic E-state index is 6.41. The summed E-state index contributed by atoms with van der Waals surface area (Å²) in [5.41, 5.74) is 0.393. The molecule has 3 aliphatic carbocycles. The minimum absolute atomic E-state index is 0.393. The van der Waals surface area contributed by atoms with Crippen molar-refractivity contribution >= 4 is 11.6 Å². The number of hydrogen-bond donors (Lipinski definition) is 0. The molecule has 0 aromatic rings. The van der Waals surface area contributed by atoms with Crippen molar-refractivity contribution in [1.29, 1.82) is 0 Å². The summed E-state index contributed by atoms with van der Waals surface area (Å²) in [5.74, 6) is 0. The van der Waals surface area contributed by atoms with Crippen LogP contribution in [0.2, 0.25) is 0 Å². The molecule has 2 unspecified atom stereocenters. The van der Waals surface area contributed by atoms with Gasteiger partial charge in [-0.2, -0.15) is 0 Å². The molecule has 0 heterocycles. The summed E-state index contributed by atoms with van der Waals surface area (Å²) in [5, 5.41) is 0.409. The lowest BCUT2D eigenvalue weighted by Gasteiger charge is -2.52. The van der Waals surface area contributed by atoms with Gasteiger partial charge in [-0.3, -0.25) is 0 Å². The largest absolute Gasteiger partial charge is 0.374 e. The predicted octanol–water partition coefficient (Wildman–Crippen LogP) is 3.89. The Bertz CT molecular complexity index is 229. The molecule has 0 aromatic heterocycles. The van der Waals surface area contributed by atoms with Crippen LogP contribution in [-0.2, 0) is 4.74 Å². The summed E-state index contributed by atoms with van der Waals surface area (Å²) in [6.45, 7) is 0. The molecule has 0 saturated heterocycles. The first-order valence-electron chi connectivity index (χ1n) is 6.61. The summed E-state index contributed by atoms with van der Waals surface area (Å²) in [6, 6.07) is 0. The van der Waals surface area contributed by atoms with Gasteiger partial charge in [0.2, 0.25) is 0 Å². The van der Waals surface area contributed by atoms with E-state index < -0.39 is 0 Å². The Balaban J connectivity index is 1.62. The topological polar surface area (TPSA) is 9.23 Å². The van der Waals surface area contributed by atoms with Gasteiger partial charge in [0.1, 0.15) is 0 Å². The molecule has 0 aliphatic heterocycles. The Morgan fingerprint density at radius 2 is 1.67 bits per heavy atom. The van der Waals surface area contributed by atoms with Crippen LogP contribution in [0.5, 0.6) is 0 Å².